The maximum atomic E-state index is 12.2. The van der Waals surface area contributed by atoms with Crippen molar-refractivity contribution in [3.8, 4) is 0 Å². The molecule has 1 aromatic rings. The van der Waals surface area contributed by atoms with Gasteiger partial charge in [0.15, 0.2) is 0 Å². The monoisotopic (exact) mass is 286 g/mol. The Balaban J connectivity index is 2.13. The molecule has 0 bridgehead atoms. The number of aromatic nitrogens is 1. The quantitative estimate of drug-likeness (QED) is 0.898. The van der Waals surface area contributed by atoms with Crippen LogP contribution in [0.1, 0.15) is 34.1 Å². The normalized spacial score (nSPS) is 18.7. The molecule has 2 rings (SSSR count). The van der Waals surface area contributed by atoms with Gasteiger partial charge in [0.1, 0.15) is 5.69 Å². The molecule has 1 saturated heterocycles. The van der Waals surface area contributed by atoms with Crippen molar-refractivity contribution in [3.63, 3.8) is 0 Å². The molecule has 7 heteroatoms. The maximum Gasteiger partial charge on any atom is 0.365 e. The van der Waals surface area contributed by atoms with Crippen LogP contribution in [-0.2, 0) is 0 Å². The fourth-order valence-electron chi connectivity index (χ4n) is 1.82. The Morgan fingerprint density at radius 2 is 2.22 bits per heavy atom. The number of carboxylic acids is 1. The molecule has 5 nitrogen and oxygen atoms in total. The third kappa shape index (κ3) is 2.84. The first-order valence-corrected chi connectivity index (χ1v) is 7.38. The Kier molecular flexibility index (Phi) is 3.63. The largest absolute Gasteiger partial charge is 0.476 e. The molecule has 0 aromatic carbocycles. The summed E-state index contributed by atoms with van der Waals surface area (Å²) in [6, 6.07) is 0. The van der Waals surface area contributed by atoms with Crippen molar-refractivity contribution in [2.45, 2.75) is 18.6 Å². The minimum absolute atomic E-state index is 0.0380. The molecule has 98 valence electrons. The van der Waals surface area contributed by atoms with Crippen LogP contribution in [0.3, 0.4) is 0 Å². The summed E-state index contributed by atoms with van der Waals surface area (Å²) in [4.78, 5) is 28.5. The second kappa shape index (κ2) is 4.89. The van der Waals surface area contributed by atoms with E-state index in [2.05, 4.69) is 18.8 Å². The maximum absolute atomic E-state index is 12.2. The molecule has 1 aliphatic heterocycles. The Bertz CT molecular complexity index is 484. The summed E-state index contributed by atoms with van der Waals surface area (Å²) in [5.41, 5.74) is 0.236. The van der Waals surface area contributed by atoms with Crippen molar-refractivity contribution in [1.82, 2.24) is 9.88 Å². The van der Waals surface area contributed by atoms with Crippen LogP contribution in [0.15, 0.2) is 5.38 Å². The molecule has 1 aliphatic rings. The van der Waals surface area contributed by atoms with Gasteiger partial charge in [0.25, 0.3) is 5.91 Å². The van der Waals surface area contributed by atoms with Gasteiger partial charge >= 0.3 is 5.97 Å². The number of carbonyl (C=O) groups is 2. The summed E-state index contributed by atoms with van der Waals surface area (Å²) in [6.07, 6.45) is 0. The van der Waals surface area contributed by atoms with Crippen LogP contribution < -0.4 is 0 Å². The van der Waals surface area contributed by atoms with Gasteiger partial charge in [0, 0.05) is 29.0 Å². The summed E-state index contributed by atoms with van der Waals surface area (Å²) < 4.78 is 0.0412. The van der Waals surface area contributed by atoms with Gasteiger partial charge in [-0.2, -0.15) is 11.8 Å². The summed E-state index contributed by atoms with van der Waals surface area (Å²) >= 11 is 2.83. The van der Waals surface area contributed by atoms with E-state index in [0.29, 0.717) is 13.1 Å². The van der Waals surface area contributed by atoms with Crippen LogP contribution in [0.2, 0.25) is 0 Å². The fraction of sp³-hybridized carbons (Fsp3) is 0.545. The molecule has 0 saturated carbocycles. The van der Waals surface area contributed by atoms with Gasteiger partial charge in [-0.05, 0) is 13.8 Å². The second-order valence-corrected chi connectivity index (χ2v) is 7.34. The number of carbonyl (C=O) groups excluding carboxylic acids is 1. The van der Waals surface area contributed by atoms with E-state index in [1.54, 1.807) is 4.90 Å². The molecule has 1 amide bonds. The fourth-order valence-corrected chi connectivity index (χ4v) is 3.56. The number of thioether (sulfide) groups is 1. The SMILES string of the molecule is CC1(C)CN(C(=O)c2csc(C(=O)O)n2)CCS1. The second-order valence-electron chi connectivity index (χ2n) is 4.68. The number of aromatic carboxylic acids is 1. The van der Waals surface area contributed by atoms with E-state index in [9.17, 15) is 9.59 Å². The standard InChI is InChI=1S/C11H14N2O3S2/c1-11(2)6-13(3-4-18-11)9(14)7-5-17-8(12-7)10(15)16/h5H,3-4,6H2,1-2H3,(H,15,16). The highest BCUT2D eigenvalue weighted by Crippen LogP contribution is 2.30. The number of amides is 1. The summed E-state index contributed by atoms with van der Waals surface area (Å²) in [7, 11) is 0. The minimum atomic E-state index is -1.09. The third-order valence-electron chi connectivity index (χ3n) is 2.62. The van der Waals surface area contributed by atoms with Gasteiger partial charge in [-0.25, -0.2) is 9.78 Å². The first-order valence-electron chi connectivity index (χ1n) is 5.51. The zero-order chi connectivity index (χ0) is 13.3. The average molecular weight is 286 g/mol. The number of rotatable bonds is 2. The van der Waals surface area contributed by atoms with Crippen LogP contribution in [0.4, 0.5) is 0 Å². The third-order valence-corrected chi connectivity index (χ3v) is 4.75. The van der Waals surface area contributed by atoms with E-state index in [-0.39, 0.29) is 21.4 Å². The number of hydrogen-bond acceptors (Lipinski definition) is 5. The molecule has 0 aliphatic carbocycles. The average Bonchev–Trinajstić information content (AvgIpc) is 2.76. The smallest absolute Gasteiger partial charge is 0.365 e. The Morgan fingerprint density at radius 3 is 2.78 bits per heavy atom. The lowest BCUT2D eigenvalue weighted by Gasteiger charge is -2.37. The zero-order valence-corrected chi connectivity index (χ0v) is 11.8. The van der Waals surface area contributed by atoms with Crippen molar-refractivity contribution < 1.29 is 14.7 Å². The van der Waals surface area contributed by atoms with E-state index < -0.39 is 5.97 Å². The Morgan fingerprint density at radius 1 is 1.50 bits per heavy atom. The highest BCUT2D eigenvalue weighted by molar-refractivity contribution is 8.00. The number of nitrogens with zero attached hydrogens (tertiary/aromatic N) is 2. The molecular formula is C11H14N2O3S2. The first kappa shape index (κ1) is 13.4. The lowest BCUT2D eigenvalue weighted by atomic mass is 10.2. The Labute approximate surface area is 113 Å². The predicted molar refractivity (Wildman–Crippen MR) is 71.5 cm³/mol. The number of carboxylic acid groups (broad SMARTS) is 1. The van der Waals surface area contributed by atoms with E-state index in [1.807, 2.05) is 11.8 Å². The first-order chi connectivity index (χ1) is 8.39. The van der Waals surface area contributed by atoms with Gasteiger partial charge in [0.05, 0.1) is 0 Å². The van der Waals surface area contributed by atoms with Gasteiger partial charge in [-0.3, -0.25) is 4.79 Å². The minimum Gasteiger partial charge on any atom is -0.476 e. The highest BCUT2D eigenvalue weighted by atomic mass is 32.2. The van der Waals surface area contributed by atoms with Crippen molar-refractivity contribution in [2.24, 2.45) is 0 Å². The van der Waals surface area contributed by atoms with Crippen molar-refractivity contribution in [3.05, 3.63) is 16.1 Å². The molecule has 0 atom stereocenters. The number of hydrogen-bond donors (Lipinski definition) is 1. The molecular weight excluding hydrogens is 272 g/mol. The molecule has 0 radical (unpaired) electrons. The molecule has 18 heavy (non-hydrogen) atoms. The molecule has 0 spiro atoms. The molecule has 1 fully saturated rings. The van der Waals surface area contributed by atoms with E-state index in [0.717, 1.165) is 17.1 Å². The topological polar surface area (TPSA) is 70.5 Å². The van der Waals surface area contributed by atoms with E-state index in [1.165, 1.54) is 5.38 Å². The van der Waals surface area contributed by atoms with Gasteiger partial charge in [0.2, 0.25) is 5.01 Å². The van der Waals surface area contributed by atoms with E-state index >= 15 is 0 Å². The highest BCUT2D eigenvalue weighted by Gasteiger charge is 2.31. The van der Waals surface area contributed by atoms with Gasteiger partial charge < -0.3 is 10.0 Å². The summed E-state index contributed by atoms with van der Waals surface area (Å²) in [5.74, 6) is -0.366. The lowest BCUT2D eigenvalue weighted by molar-refractivity contribution is 0.0696. The summed E-state index contributed by atoms with van der Waals surface area (Å²) in [6.45, 7) is 5.55. The van der Waals surface area contributed by atoms with Gasteiger partial charge in [-0.15, -0.1) is 11.3 Å². The molecule has 1 aromatic heterocycles. The van der Waals surface area contributed by atoms with Crippen molar-refractivity contribution >= 4 is 35.0 Å². The van der Waals surface area contributed by atoms with Crippen molar-refractivity contribution in [1.29, 1.82) is 0 Å². The summed E-state index contributed by atoms with van der Waals surface area (Å²) in [5, 5.41) is 10.3. The Hall–Kier alpha value is -1.08. The van der Waals surface area contributed by atoms with E-state index in [4.69, 9.17) is 5.11 Å². The van der Waals surface area contributed by atoms with Crippen LogP contribution in [0.25, 0.3) is 0 Å². The zero-order valence-electron chi connectivity index (χ0n) is 10.2. The molecule has 0 unspecified atom stereocenters. The van der Waals surface area contributed by atoms with Crippen LogP contribution >= 0.6 is 23.1 Å². The van der Waals surface area contributed by atoms with Crippen LogP contribution in [0.5, 0.6) is 0 Å². The predicted octanol–water partition coefficient (Wildman–Crippen LogP) is 1.81. The number of thiazole rings is 1. The van der Waals surface area contributed by atoms with Crippen molar-refractivity contribution in [2.75, 3.05) is 18.8 Å². The van der Waals surface area contributed by atoms with Crippen LogP contribution in [0, 0.1) is 0 Å². The molecule has 1 N–H and O–H groups in total. The van der Waals surface area contributed by atoms with Gasteiger partial charge in [-0.1, -0.05) is 0 Å². The molecule has 2 heterocycles. The lowest BCUT2D eigenvalue weighted by Crippen LogP contribution is -2.46. The van der Waals surface area contributed by atoms with Crippen LogP contribution in [-0.4, -0.2) is 50.5 Å².